The van der Waals surface area contributed by atoms with Crippen molar-refractivity contribution >= 4 is 23.1 Å². The highest BCUT2D eigenvalue weighted by Gasteiger charge is 2.20. The van der Waals surface area contributed by atoms with Gasteiger partial charge in [0.25, 0.3) is 0 Å². The van der Waals surface area contributed by atoms with Crippen molar-refractivity contribution < 1.29 is 4.79 Å². The molecule has 110 valence electrons. The Morgan fingerprint density at radius 3 is 2.43 bits per heavy atom. The summed E-state index contributed by atoms with van der Waals surface area (Å²) in [6, 6.07) is 11.6. The molecule has 1 saturated heterocycles. The maximum atomic E-state index is 12.1. The zero-order valence-corrected chi connectivity index (χ0v) is 12.5. The van der Waals surface area contributed by atoms with Crippen molar-refractivity contribution in [2.45, 2.75) is 0 Å². The van der Waals surface area contributed by atoms with Gasteiger partial charge in [0.15, 0.2) is 5.78 Å². The van der Waals surface area contributed by atoms with E-state index >= 15 is 0 Å². The number of ketones is 1. The highest BCUT2D eigenvalue weighted by molar-refractivity contribution is 6.30. The van der Waals surface area contributed by atoms with Gasteiger partial charge in [-0.15, -0.1) is 0 Å². The standard InChI is InChI=1S/C16H18ClN3O/c17-13-3-5-14(6-4-13)20-10-8-19(9-11-20)12-16(21)15-2-1-7-18-15/h1-7,18H,8-12H2. The summed E-state index contributed by atoms with van der Waals surface area (Å²) in [4.78, 5) is 19.6. The van der Waals surface area contributed by atoms with E-state index in [2.05, 4.69) is 14.8 Å². The van der Waals surface area contributed by atoms with Gasteiger partial charge in [-0.3, -0.25) is 9.69 Å². The molecule has 0 saturated carbocycles. The monoisotopic (exact) mass is 303 g/mol. The van der Waals surface area contributed by atoms with Gasteiger partial charge in [-0.2, -0.15) is 0 Å². The number of H-pyrrole nitrogens is 1. The second-order valence-electron chi connectivity index (χ2n) is 5.25. The van der Waals surface area contributed by atoms with Crippen LogP contribution in [0, 0.1) is 0 Å². The second kappa shape index (κ2) is 6.33. The molecule has 2 heterocycles. The van der Waals surface area contributed by atoms with Gasteiger partial charge in [0.05, 0.1) is 12.2 Å². The molecule has 0 aliphatic carbocycles. The van der Waals surface area contributed by atoms with Crippen LogP contribution in [0.5, 0.6) is 0 Å². The lowest BCUT2D eigenvalue weighted by molar-refractivity contribution is 0.0922. The SMILES string of the molecule is O=C(CN1CCN(c2ccc(Cl)cc2)CC1)c1ccc[nH]1. The second-order valence-corrected chi connectivity index (χ2v) is 5.68. The first-order valence-corrected chi connectivity index (χ1v) is 7.49. The van der Waals surface area contributed by atoms with Crippen LogP contribution in [0.1, 0.15) is 10.5 Å². The number of nitrogens with one attached hydrogen (secondary N) is 1. The Balaban J connectivity index is 1.53. The third-order valence-electron chi connectivity index (χ3n) is 3.83. The van der Waals surface area contributed by atoms with E-state index < -0.39 is 0 Å². The quantitative estimate of drug-likeness (QED) is 0.883. The largest absolute Gasteiger partial charge is 0.369 e. The Morgan fingerprint density at radius 1 is 1.10 bits per heavy atom. The first-order chi connectivity index (χ1) is 10.2. The van der Waals surface area contributed by atoms with Crippen molar-refractivity contribution in [3.63, 3.8) is 0 Å². The van der Waals surface area contributed by atoms with E-state index in [0.717, 1.165) is 31.2 Å². The molecule has 2 aromatic rings. The summed E-state index contributed by atoms with van der Waals surface area (Å²) in [5.41, 5.74) is 1.88. The molecule has 21 heavy (non-hydrogen) atoms. The van der Waals surface area contributed by atoms with E-state index in [0.29, 0.717) is 12.2 Å². The normalized spacial score (nSPS) is 16.1. The highest BCUT2D eigenvalue weighted by atomic mass is 35.5. The van der Waals surface area contributed by atoms with Gasteiger partial charge >= 0.3 is 0 Å². The molecule has 1 fully saturated rings. The minimum atomic E-state index is 0.153. The van der Waals surface area contributed by atoms with Crippen LogP contribution in [-0.2, 0) is 0 Å². The number of benzene rings is 1. The lowest BCUT2D eigenvalue weighted by Gasteiger charge is -2.35. The number of halogens is 1. The maximum absolute atomic E-state index is 12.1. The van der Waals surface area contributed by atoms with Crippen molar-refractivity contribution in [3.05, 3.63) is 53.3 Å². The minimum absolute atomic E-state index is 0.153. The molecule has 4 nitrogen and oxygen atoms in total. The number of rotatable bonds is 4. The number of carbonyl (C=O) groups excluding carboxylic acids is 1. The molecule has 0 bridgehead atoms. The fourth-order valence-corrected chi connectivity index (χ4v) is 2.73. The third-order valence-corrected chi connectivity index (χ3v) is 4.08. The van der Waals surface area contributed by atoms with Crippen molar-refractivity contribution in [1.29, 1.82) is 0 Å². The number of hydrogen-bond donors (Lipinski definition) is 1. The number of piperazine rings is 1. The topological polar surface area (TPSA) is 39.3 Å². The molecular formula is C16H18ClN3O. The molecule has 0 amide bonds. The molecule has 0 radical (unpaired) electrons. The Bertz CT molecular complexity index is 586. The lowest BCUT2D eigenvalue weighted by atomic mass is 10.2. The lowest BCUT2D eigenvalue weighted by Crippen LogP contribution is -2.48. The summed E-state index contributed by atoms with van der Waals surface area (Å²) in [5.74, 6) is 0.153. The molecule has 1 aliphatic heterocycles. The van der Waals surface area contributed by atoms with Crippen LogP contribution in [0.3, 0.4) is 0 Å². The Morgan fingerprint density at radius 2 is 1.81 bits per heavy atom. The van der Waals surface area contributed by atoms with Crippen LogP contribution in [0.4, 0.5) is 5.69 Å². The molecule has 1 N–H and O–H groups in total. The number of Topliss-reactive ketones (excluding diaryl/α,β-unsaturated/α-hetero) is 1. The summed E-state index contributed by atoms with van der Waals surface area (Å²) < 4.78 is 0. The number of aromatic amines is 1. The summed E-state index contributed by atoms with van der Waals surface area (Å²) in [6.45, 7) is 4.14. The molecule has 0 spiro atoms. The number of carbonyl (C=O) groups is 1. The number of anilines is 1. The van der Waals surface area contributed by atoms with E-state index in [1.807, 2.05) is 36.4 Å². The molecule has 1 aromatic carbocycles. The summed E-state index contributed by atoms with van der Waals surface area (Å²) in [7, 11) is 0. The predicted octanol–water partition coefficient (Wildman–Crippen LogP) is 2.67. The van der Waals surface area contributed by atoms with Gasteiger partial charge in [-0.1, -0.05) is 11.6 Å². The van der Waals surface area contributed by atoms with Gasteiger partial charge < -0.3 is 9.88 Å². The zero-order chi connectivity index (χ0) is 14.7. The number of aromatic nitrogens is 1. The Hall–Kier alpha value is -1.78. The average molecular weight is 304 g/mol. The first kappa shape index (κ1) is 14.2. The van der Waals surface area contributed by atoms with E-state index in [-0.39, 0.29) is 5.78 Å². The van der Waals surface area contributed by atoms with Gasteiger partial charge in [0, 0.05) is 43.1 Å². The van der Waals surface area contributed by atoms with Gasteiger partial charge in [0.2, 0.25) is 0 Å². The van der Waals surface area contributed by atoms with Crippen LogP contribution in [0.15, 0.2) is 42.6 Å². The molecule has 5 heteroatoms. The third kappa shape index (κ3) is 3.46. The molecular weight excluding hydrogens is 286 g/mol. The van der Waals surface area contributed by atoms with Crippen LogP contribution in [-0.4, -0.2) is 48.4 Å². The van der Waals surface area contributed by atoms with Crippen molar-refractivity contribution in [2.75, 3.05) is 37.6 Å². The smallest absolute Gasteiger partial charge is 0.192 e. The van der Waals surface area contributed by atoms with Crippen LogP contribution in [0.25, 0.3) is 0 Å². The van der Waals surface area contributed by atoms with E-state index in [1.165, 1.54) is 5.69 Å². The van der Waals surface area contributed by atoms with Crippen LogP contribution < -0.4 is 4.90 Å². The molecule has 1 aliphatic rings. The highest BCUT2D eigenvalue weighted by Crippen LogP contribution is 2.19. The van der Waals surface area contributed by atoms with Gasteiger partial charge in [-0.25, -0.2) is 0 Å². The van der Waals surface area contributed by atoms with Crippen molar-refractivity contribution in [2.24, 2.45) is 0 Å². The zero-order valence-electron chi connectivity index (χ0n) is 11.8. The summed E-state index contributed by atoms with van der Waals surface area (Å²) in [5, 5.41) is 0.758. The van der Waals surface area contributed by atoms with Crippen LogP contribution in [0.2, 0.25) is 5.02 Å². The van der Waals surface area contributed by atoms with E-state index in [4.69, 9.17) is 11.6 Å². The van der Waals surface area contributed by atoms with Gasteiger partial charge in [-0.05, 0) is 36.4 Å². The fraction of sp³-hybridized carbons (Fsp3) is 0.312. The maximum Gasteiger partial charge on any atom is 0.192 e. The van der Waals surface area contributed by atoms with Gasteiger partial charge in [0.1, 0.15) is 0 Å². The molecule has 1 aromatic heterocycles. The van der Waals surface area contributed by atoms with E-state index in [1.54, 1.807) is 6.20 Å². The van der Waals surface area contributed by atoms with Crippen molar-refractivity contribution in [1.82, 2.24) is 9.88 Å². The van der Waals surface area contributed by atoms with Crippen LogP contribution >= 0.6 is 11.6 Å². The Labute approximate surface area is 129 Å². The number of hydrogen-bond acceptors (Lipinski definition) is 3. The predicted molar refractivity (Wildman–Crippen MR) is 85.2 cm³/mol. The Kier molecular flexibility index (Phi) is 4.27. The summed E-state index contributed by atoms with van der Waals surface area (Å²) >= 11 is 5.91. The molecule has 3 rings (SSSR count). The van der Waals surface area contributed by atoms with E-state index in [9.17, 15) is 4.79 Å². The molecule has 0 unspecified atom stereocenters. The number of nitrogens with zero attached hydrogens (tertiary/aromatic N) is 2. The van der Waals surface area contributed by atoms with Crippen molar-refractivity contribution in [3.8, 4) is 0 Å². The minimum Gasteiger partial charge on any atom is -0.369 e. The first-order valence-electron chi connectivity index (χ1n) is 7.12. The fourth-order valence-electron chi connectivity index (χ4n) is 2.61. The average Bonchev–Trinajstić information content (AvgIpc) is 3.03. The summed E-state index contributed by atoms with van der Waals surface area (Å²) in [6.07, 6.45) is 1.78. The molecule has 0 atom stereocenters.